The average molecular weight is 635 g/mol. The monoisotopic (exact) mass is 634 g/mol. The molecule has 1 heterocycles. The van der Waals surface area contributed by atoms with Crippen molar-refractivity contribution < 1.29 is 33.6 Å². The second kappa shape index (κ2) is 18.6. The van der Waals surface area contributed by atoms with Gasteiger partial charge >= 0.3 is 0 Å². The summed E-state index contributed by atoms with van der Waals surface area (Å²) in [7, 11) is 6.02. The molecule has 4 rings (SSSR count). The normalized spacial score (nSPS) is 26.1. The third kappa shape index (κ3) is 10.2. The minimum atomic E-state index is -0.736. The van der Waals surface area contributed by atoms with Crippen molar-refractivity contribution in [1.29, 1.82) is 0 Å². The van der Waals surface area contributed by atoms with E-state index in [4.69, 9.17) is 23.7 Å². The molecule has 0 aromatic heterocycles. The summed E-state index contributed by atoms with van der Waals surface area (Å²) >= 11 is 0. The smallest absolute Gasteiger partial charge is 0.234 e. The second-order valence-corrected chi connectivity index (χ2v) is 13.0. The van der Waals surface area contributed by atoms with Gasteiger partial charge in [-0.05, 0) is 64.1 Å². The minimum absolute atomic E-state index is 0.0112. The summed E-state index contributed by atoms with van der Waals surface area (Å²) in [5.41, 5.74) is 1.24. The highest BCUT2D eigenvalue weighted by Crippen LogP contribution is 2.50. The van der Waals surface area contributed by atoms with Crippen molar-refractivity contribution >= 4 is 5.91 Å². The van der Waals surface area contributed by atoms with E-state index in [-0.39, 0.29) is 23.5 Å². The van der Waals surface area contributed by atoms with Gasteiger partial charge < -0.3 is 34.1 Å². The quantitative estimate of drug-likeness (QED) is 0.196. The topological polar surface area (TPSA) is 105 Å². The molecule has 1 unspecified atom stereocenters. The molecule has 0 radical (unpaired) electrons. The number of rotatable bonds is 21. The van der Waals surface area contributed by atoms with Crippen molar-refractivity contribution in [3.05, 3.63) is 35.9 Å². The molecule has 3 fully saturated rings. The Labute approximate surface area is 270 Å². The van der Waals surface area contributed by atoms with Gasteiger partial charge in [0.1, 0.15) is 0 Å². The Hall–Kier alpha value is -1.67. The van der Waals surface area contributed by atoms with E-state index < -0.39 is 6.35 Å². The number of amides is 1. The zero-order chi connectivity index (χ0) is 32.0. The number of ether oxygens (including phenoxy) is 5. The zero-order valence-electron chi connectivity index (χ0n) is 27.9. The molecule has 1 aliphatic heterocycles. The maximum atomic E-state index is 12.9. The number of benzene rings is 1. The van der Waals surface area contributed by atoms with E-state index in [2.05, 4.69) is 59.5 Å². The van der Waals surface area contributed by atoms with Crippen LogP contribution in [0.15, 0.2) is 30.3 Å². The van der Waals surface area contributed by atoms with Crippen LogP contribution in [0, 0.1) is 5.92 Å². The lowest BCUT2D eigenvalue weighted by molar-refractivity contribution is -0.130. The summed E-state index contributed by atoms with van der Waals surface area (Å²) in [6.45, 7) is 6.81. The van der Waals surface area contributed by atoms with Gasteiger partial charge in [0.15, 0.2) is 6.35 Å². The van der Waals surface area contributed by atoms with Crippen LogP contribution in [-0.4, -0.2) is 144 Å². The van der Waals surface area contributed by atoms with Gasteiger partial charge in [-0.1, -0.05) is 36.8 Å². The second-order valence-electron chi connectivity index (χ2n) is 13.0. The standard InChI is InChI=1S/C34H58N4O7/c1-36(2)34(30-10-5-4-6-11-30)14-12-33(13-15-34)28-37(32(40)38(33)26-29-8-7-9-29)27-31(39)35-16-17-42-20-21-44-24-25-45-23-22-43-19-18-41-3/h4-6,10-11,29,32,40H,7-9,12-28H2,1-3H3,(H,35,39)/t32?,33-,34+. The number of aliphatic hydroxyl groups excluding tert-OH is 1. The number of carbonyl (C=O) groups is 1. The van der Waals surface area contributed by atoms with Crippen LogP contribution in [0.2, 0.25) is 0 Å². The van der Waals surface area contributed by atoms with Crippen LogP contribution in [0.4, 0.5) is 0 Å². The highest BCUT2D eigenvalue weighted by atomic mass is 16.6. The Kier molecular flexibility index (Phi) is 15.0. The molecular formula is C34H58N4O7. The van der Waals surface area contributed by atoms with Crippen molar-refractivity contribution in [2.75, 3.05) is 107 Å². The van der Waals surface area contributed by atoms with Crippen LogP contribution in [0.25, 0.3) is 0 Å². The fraction of sp³-hybridized carbons (Fsp3) is 0.794. The molecule has 3 aliphatic rings. The Bertz CT molecular complexity index is 973. The first-order valence-corrected chi connectivity index (χ1v) is 16.9. The Balaban J connectivity index is 1.16. The fourth-order valence-electron chi connectivity index (χ4n) is 7.10. The third-order valence-electron chi connectivity index (χ3n) is 10.0. The number of nitrogens with one attached hydrogen (secondary N) is 1. The lowest BCUT2D eigenvalue weighted by Gasteiger charge is -2.52. The molecular weight excluding hydrogens is 576 g/mol. The summed E-state index contributed by atoms with van der Waals surface area (Å²) in [5.74, 6) is 0.556. The number of aliphatic hydroxyl groups is 1. The number of carbonyl (C=O) groups excluding carboxylic acids is 1. The zero-order valence-corrected chi connectivity index (χ0v) is 27.9. The van der Waals surface area contributed by atoms with E-state index in [1.807, 2.05) is 4.90 Å². The number of methoxy groups -OCH3 is 1. The van der Waals surface area contributed by atoms with Crippen LogP contribution < -0.4 is 5.32 Å². The van der Waals surface area contributed by atoms with E-state index in [0.29, 0.717) is 78.5 Å². The highest BCUT2D eigenvalue weighted by molar-refractivity contribution is 5.78. The largest absolute Gasteiger partial charge is 0.382 e. The van der Waals surface area contributed by atoms with Crippen LogP contribution in [0.3, 0.4) is 0 Å². The van der Waals surface area contributed by atoms with Crippen LogP contribution >= 0.6 is 0 Å². The van der Waals surface area contributed by atoms with Crippen molar-refractivity contribution in [3.8, 4) is 0 Å². The lowest BCUT2D eigenvalue weighted by atomic mass is 9.68. The van der Waals surface area contributed by atoms with Gasteiger partial charge in [0.2, 0.25) is 5.91 Å². The van der Waals surface area contributed by atoms with Gasteiger partial charge in [-0.2, -0.15) is 0 Å². The molecule has 1 aromatic rings. The molecule has 0 bridgehead atoms. The number of nitrogens with zero attached hydrogens (tertiary/aromatic N) is 3. The summed E-state index contributed by atoms with van der Waals surface area (Å²) in [6.07, 6.45) is 7.04. The molecule has 2 N–H and O–H groups in total. The molecule has 1 atom stereocenters. The SMILES string of the molecule is COCCOCCOCCOCCOCCNC(=O)CN1C[C@]2(CC[C@](c3ccccc3)(N(C)C)CC2)N(CC2CCC2)C1O. The van der Waals surface area contributed by atoms with Gasteiger partial charge in [-0.15, -0.1) is 0 Å². The van der Waals surface area contributed by atoms with E-state index >= 15 is 0 Å². The van der Waals surface area contributed by atoms with Crippen molar-refractivity contribution in [2.45, 2.75) is 62.4 Å². The van der Waals surface area contributed by atoms with Crippen LogP contribution in [-0.2, 0) is 34.0 Å². The van der Waals surface area contributed by atoms with Crippen molar-refractivity contribution in [1.82, 2.24) is 20.0 Å². The maximum Gasteiger partial charge on any atom is 0.234 e. The molecule has 1 aromatic carbocycles. The summed E-state index contributed by atoms with van der Waals surface area (Å²) < 4.78 is 26.8. The predicted octanol–water partition coefficient (Wildman–Crippen LogP) is 2.28. The molecule has 45 heavy (non-hydrogen) atoms. The molecule has 1 saturated heterocycles. The highest BCUT2D eigenvalue weighted by Gasteiger charge is 2.55. The molecule has 1 amide bonds. The molecule has 256 valence electrons. The molecule has 1 spiro atoms. The van der Waals surface area contributed by atoms with Crippen LogP contribution in [0.1, 0.15) is 50.5 Å². The van der Waals surface area contributed by atoms with E-state index in [1.165, 1.54) is 24.8 Å². The lowest BCUT2D eigenvalue weighted by Crippen LogP contribution is -2.57. The van der Waals surface area contributed by atoms with E-state index in [1.54, 1.807) is 7.11 Å². The first-order chi connectivity index (χ1) is 21.9. The van der Waals surface area contributed by atoms with Crippen LogP contribution in [0.5, 0.6) is 0 Å². The number of hydrogen-bond acceptors (Lipinski definition) is 10. The summed E-state index contributed by atoms with van der Waals surface area (Å²) in [4.78, 5) is 19.6. The molecule has 11 nitrogen and oxygen atoms in total. The first kappa shape index (κ1) is 36.2. The molecule has 2 aliphatic carbocycles. The predicted molar refractivity (Wildman–Crippen MR) is 173 cm³/mol. The Morgan fingerprint density at radius 2 is 1.47 bits per heavy atom. The van der Waals surface area contributed by atoms with Gasteiger partial charge in [0.05, 0.1) is 66.0 Å². The Morgan fingerprint density at radius 1 is 0.889 bits per heavy atom. The fourth-order valence-corrected chi connectivity index (χ4v) is 7.10. The third-order valence-corrected chi connectivity index (χ3v) is 10.0. The minimum Gasteiger partial charge on any atom is -0.382 e. The summed E-state index contributed by atoms with van der Waals surface area (Å²) in [5, 5.41) is 14.5. The molecule has 11 heteroatoms. The average Bonchev–Trinajstić information content (AvgIpc) is 3.26. The van der Waals surface area contributed by atoms with Gasteiger partial charge in [0.25, 0.3) is 0 Å². The van der Waals surface area contributed by atoms with Crippen molar-refractivity contribution in [2.24, 2.45) is 5.92 Å². The van der Waals surface area contributed by atoms with Crippen molar-refractivity contribution in [3.63, 3.8) is 0 Å². The van der Waals surface area contributed by atoms with Gasteiger partial charge in [-0.3, -0.25) is 19.5 Å². The van der Waals surface area contributed by atoms with E-state index in [9.17, 15) is 9.90 Å². The maximum absolute atomic E-state index is 12.9. The first-order valence-electron chi connectivity index (χ1n) is 16.9. The van der Waals surface area contributed by atoms with Gasteiger partial charge in [0, 0.05) is 37.8 Å². The summed E-state index contributed by atoms with van der Waals surface area (Å²) in [6, 6.07) is 10.8. The number of hydrogen-bond donors (Lipinski definition) is 2. The Morgan fingerprint density at radius 3 is 2.00 bits per heavy atom. The van der Waals surface area contributed by atoms with Gasteiger partial charge in [-0.25, -0.2) is 0 Å². The molecule has 2 saturated carbocycles. The van der Waals surface area contributed by atoms with E-state index in [0.717, 1.165) is 32.2 Å².